The summed E-state index contributed by atoms with van der Waals surface area (Å²) in [7, 11) is 0. The zero-order valence-electron chi connectivity index (χ0n) is 10.4. The number of aromatic nitrogens is 2. The number of hydrogen-bond acceptors (Lipinski definition) is 4. The van der Waals surface area contributed by atoms with E-state index in [1.165, 1.54) is 25.7 Å². The number of anilines is 2. The number of rotatable bonds is 6. The highest BCUT2D eigenvalue weighted by molar-refractivity contribution is 5.49. The predicted octanol–water partition coefficient (Wildman–Crippen LogP) is 2.75. The summed E-state index contributed by atoms with van der Waals surface area (Å²) in [5.41, 5.74) is 0. The monoisotopic (exact) mass is 232 g/mol. The van der Waals surface area contributed by atoms with Crippen molar-refractivity contribution < 1.29 is 0 Å². The molecule has 0 unspecified atom stereocenters. The topological polar surface area (TPSA) is 49.8 Å². The largest absolute Gasteiger partial charge is 0.370 e. The van der Waals surface area contributed by atoms with Crippen molar-refractivity contribution in [3.63, 3.8) is 0 Å². The van der Waals surface area contributed by atoms with Gasteiger partial charge in [0.05, 0.1) is 0 Å². The third-order valence-corrected chi connectivity index (χ3v) is 3.17. The van der Waals surface area contributed by atoms with Crippen LogP contribution in [-0.2, 0) is 0 Å². The van der Waals surface area contributed by atoms with Crippen molar-refractivity contribution in [2.45, 2.75) is 51.0 Å². The minimum atomic E-state index is 0.609. The van der Waals surface area contributed by atoms with Crippen molar-refractivity contribution in [1.29, 1.82) is 0 Å². The Morgan fingerprint density at radius 1 is 1.18 bits per heavy atom. The van der Waals surface area contributed by atoms with Gasteiger partial charge in [0.1, 0.15) is 17.5 Å². The van der Waals surface area contributed by atoms with Gasteiger partial charge < -0.3 is 10.6 Å². The summed E-state index contributed by atoms with van der Waals surface area (Å²) in [6.07, 6.45) is 6.18. The second-order valence-electron chi connectivity index (χ2n) is 5.12. The van der Waals surface area contributed by atoms with Gasteiger partial charge in [0.15, 0.2) is 0 Å². The highest BCUT2D eigenvalue weighted by Crippen LogP contribution is 2.39. The van der Waals surface area contributed by atoms with E-state index >= 15 is 0 Å². The van der Waals surface area contributed by atoms with Crippen LogP contribution in [0.2, 0.25) is 0 Å². The molecule has 2 saturated carbocycles. The fourth-order valence-corrected chi connectivity index (χ4v) is 1.84. The SMILES string of the molecule is CCCNc1cc(NC2CC2)nc(C2CC2)n1. The fourth-order valence-electron chi connectivity index (χ4n) is 1.84. The van der Waals surface area contributed by atoms with E-state index in [1.54, 1.807) is 0 Å². The molecule has 1 aromatic heterocycles. The number of nitrogens with zero attached hydrogens (tertiary/aromatic N) is 2. The quantitative estimate of drug-likeness (QED) is 0.792. The minimum absolute atomic E-state index is 0.609. The molecule has 2 aliphatic rings. The van der Waals surface area contributed by atoms with E-state index in [4.69, 9.17) is 0 Å². The van der Waals surface area contributed by atoms with Gasteiger partial charge >= 0.3 is 0 Å². The molecule has 0 bridgehead atoms. The summed E-state index contributed by atoms with van der Waals surface area (Å²) in [5, 5.41) is 6.82. The molecule has 0 amide bonds. The van der Waals surface area contributed by atoms with E-state index in [2.05, 4.69) is 27.5 Å². The average Bonchev–Trinajstić information content (AvgIpc) is 3.17. The van der Waals surface area contributed by atoms with Crippen molar-refractivity contribution in [2.24, 2.45) is 0 Å². The molecule has 4 nitrogen and oxygen atoms in total. The molecule has 2 aliphatic carbocycles. The van der Waals surface area contributed by atoms with Crippen LogP contribution in [0.25, 0.3) is 0 Å². The maximum absolute atomic E-state index is 4.62. The Kier molecular flexibility index (Phi) is 2.87. The highest BCUT2D eigenvalue weighted by Gasteiger charge is 2.28. The van der Waals surface area contributed by atoms with Crippen molar-refractivity contribution in [1.82, 2.24) is 9.97 Å². The lowest BCUT2D eigenvalue weighted by molar-refractivity contribution is 0.904. The zero-order chi connectivity index (χ0) is 11.7. The molecule has 0 radical (unpaired) electrons. The summed E-state index contributed by atoms with van der Waals surface area (Å²) in [6, 6.07) is 2.69. The van der Waals surface area contributed by atoms with Crippen molar-refractivity contribution in [3.8, 4) is 0 Å². The van der Waals surface area contributed by atoms with Gasteiger partial charge in [-0.3, -0.25) is 0 Å². The molecule has 92 valence electrons. The first-order valence-electron chi connectivity index (χ1n) is 6.74. The number of hydrogen-bond donors (Lipinski definition) is 2. The first kappa shape index (κ1) is 10.8. The van der Waals surface area contributed by atoms with Gasteiger partial charge in [-0.05, 0) is 32.1 Å². The standard InChI is InChI=1S/C13H20N4/c1-2-7-14-11-8-12(15-10-5-6-10)17-13(16-11)9-3-4-9/h8-10H,2-7H2,1H3,(H2,14,15,16,17). The first-order chi connectivity index (χ1) is 8.35. The van der Waals surface area contributed by atoms with E-state index < -0.39 is 0 Å². The molecule has 1 aromatic rings. The third-order valence-electron chi connectivity index (χ3n) is 3.17. The average molecular weight is 232 g/mol. The molecular weight excluding hydrogens is 212 g/mol. The van der Waals surface area contributed by atoms with Crippen LogP contribution >= 0.6 is 0 Å². The molecule has 0 atom stereocenters. The van der Waals surface area contributed by atoms with Gasteiger partial charge in [0.2, 0.25) is 0 Å². The molecule has 0 spiro atoms. The Morgan fingerprint density at radius 2 is 1.94 bits per heavy atom. The van der Waals surface area contributed by atoms with Gasteiger partial charge in [-0.1, -0.05) is 6.92 Å². The molecule has 0 saturated heterocycles. The van der Waals surface area contributed by atoms with Gasteiger partial charge in [-0.25, -0.2) is 9.97 Å². The third kappa shape index (κ3) is 2.87. The Labute approximate surface area is 102 Å². The summed E-state index contributed by atoms with van der Waals surface area (Å²) in [6.45, 7) is 3.14. The molecule has 1 heterocycles. The second kappa shape index (κ2) is 4.51. The molecule has 17 heavy (non-hydrogen) atoms. The van der Waals surface area contributed by atoms with Gasteiger partial charge in [0, 0.05) is 24.6 Å². The number of nitrogens with one attached hydrogen (secondary N) is 2. The zero-order valence-corrected chi connectivity index (χ0v) is 10.4. The smallest absolute Gasteiger partial charge is 0.136 e. The van der Waals surface area contributed by atoms with Crippen LogP contribution in [0.3, 0.4) is 0 Å². The van der Waals surface area contributed by atoms with Crippen molar-refractivity contribution in [2.75, 3.05) is 17.2 Å². The van der Waals surface area contributed by atoms with E-state index in [0.29, 0.717) is 12.0 Å². The first-order valence-corrected chi connectivity index (χ1v) is 6.74. The summed E-state index contributed by atoms with van der Waals surface area (Å²) in [5.74, 6) is 3.61. The minimum Gasteiger partial charge on any atom is -0.370 e. The van der Waals surface area contributed by atoms with Crippen LogP contribution in [0.1, 0.15) is 50.8 Å². The molecule has 0 aliphatic heterocycles. The van der Waals surface area contributed by atoms with Crippen molar-refractivity contribution >= 4 is 11.6 Å². The highest BCUT2D eigenvalue weighted by atomic mass is 15.1. The summed E-state index contributed by atoms with van der Waals surface area (Å²) < 4.78 is 0. The predicted molar refractivity (Wildman–Crippen MR) is 69.4 cm³/mol. The Morgan fingerprint density at radius 3 is 2.59 bits per heavy atom. The van der Waals surface area contributed by atoms with Gasteiger partial charge in [0.25, 0.3) is 0 Å². The molecule has 3 rings (SSSR count). The molecule has 2 fully saturated rings. The summed E-state index contributed by atoms with van der Waals surface area (Å²) in [4.78, 5) is 9.22. The van der Waals surface area contributed by atoms with Crippen LogP contribution < -0.4 is 10.6 Å². The molecule has 4 heteroatoms. The fraction of sp³-hybridized carbons (Fsp3) is 0.692. The molecular formula is C13H20N4. The normalized spacial score (nSPS) is 19.1. The Bertz CT molecular complexity index is 396. The Balaban J connectivity index is 1.77. The maximum Gasteiger partial charge on any atom is 0.136 e. The van der Waals surface area contributed by atoms with E-state index in [0.717, 1.165) is 30.4 Å². The summed E-state index contributed by atoms with van der Waals surface area (Å²) >= 11 is 0. The van der Waals surface area contributed by atoms with Gasteiger partial charge in [-0.15, -0.1) is 0 Å². The lowest BCUT2D eigenvalue weighted by atomic mass is 10.3. The maximum atomic E-state index is 4.62. The lowest BCUT2D eigenvalue weighted by Crippen LogP contribution is -2.09. The van der Waals surface area contributed by atoms with Gasteiger partial charge in [-0.2, -0.15) is 0 Å². The van der Waals surface area contributed by atoms with Crippen LogP contribution in [0.15, 0.2) is 6.07 Å². The van der Waals surface area contributed by atoms with Crippen LogP contribution in [-0.4, -0.2) is 22.6 Å². The lowest BCUT2D eigenvalue weighted by Gasteiger charge is -2.10. The van der Waals surface area contributed by atoms with E-state index in [1.807, 2.05) is 6.07 Å². The van der Waals surface area contributed by atoms with Crippen molar-refractivity contribution in [3.05, 3.63) is 11.9 Å². The van der Waals surface area contributed by atoms with Crippen LogP contribution in [0.4, 0.5) is 11.6 Å². The van der Waals surface area contributed by atoms with E-state index in [9.17, 15) is 0 Å². The van der Waals surface area contributed by atoms with Crippen LogP contribution in [0.5, 0.6) is 0 Å². The second-order valence-corrected chi connectivity index (χ2v) is 5.12. The van der Waals surface area contributed by atoms with E-state index in [-0.39, 0.29) is 0 Å². The Hall–Kier alpha value is -1.32. The molecule has 2 N–H and O–H groups in total. The van der Waals surface area contributed by atoms with Crippen LogP contribution in [0, 0.1) is 0 Å². The molecule has 0 aromatic carbocycles.